The highest BCUT2D eigenvalue weighted by molar-refractivity contribution is 7.85. The van der Waals surface area contributed by atoms with Crippen molar-refractivity contribution in [1.82, 2.24) is 4.90 Å². The molecule has 1 atom stereocenters. The van der Waals surface area contributed by atoms with Crippen LogP contribution in [0.3, 0.4) is 0 Å². The van der Waals surface area contributed by atoms with E-state index >= 15 is 0 Å². The standard InChI is InChI=1S/C14H20N2O2S/c15-12-6-5-7-13(10-12)19(18)11-14(17)16-8-3-1-2-4-9-16/h5-7,10H,1-4,8-9,11,15H2. The first-order chi connectivity index (χ1) is 9.16. The molecule has 0 saturated carbocycles. The SMILES string of the molecule is Nc1cccc(S(=O)CC(=O)N2CCCCCC2)c1. The summed E-state index contributed by atoms with van der Waals surface area (Å²) in [6.45, 7) is 1.60. The number of likely N-dealkylation sites (tertiary alicyclic amines) is 1. The van der Waals surface area contributed by atoms with Crippen molar-refractivity contribution in [3.63, 3.8) is 0 Å². The van der Waals surface area contributed by atoms with E-state index in [1.807, 2.05) is 4.90 Å². The van der Waals surface area contributed by atoms with Crippen LogP contribution in [0, 0.1) is 0 Å². The lowest BCUT2D eigenvalue weighted by atomic mass is 10.2. The van der Waals surface area contributed by atoms with Crippen molar-refractivity contribution in [2.45, 2.75) is 30.6 Å². The van der Waals surface area contributed by atoms with Gasteiger partial charge < -0.3 is 10.6 Å². The van der Waals surface area contributed by atoms with Gasteiger partial charge >= 0.3 is 0 Å². The summed E-state index contributed by atoms with van der Waals surface area (Å²) in [6.07, 6.45) is 4.47. The van der Waals surface area contributed by atoms with Crippen LogP contribution in [-0.4, -0.2) is 33.9 Å². The van der Waals surface area contributed by atoms with Gasteiger partial charge in [0, 0.05) is 23.7 Å². The monoisotopic (exact) mass is 280 g/mol. The molecule has 1 heterocycles. The van der Waals surface area contributed by atoms with Crippen LogP contribution in [0.15, 0.2) is 29.2 Å². The maximum Gasteiger partial charge on any atom is 0.235 e. The minimum Gasteiger partial charge on any atom is -0.399 e. The first-order valence-corrected chi connectivity index (χ1v) is 8.00. The molecule has 2 N–H and O–H groups in total. The molecule has 0 aromatic heterocycles. The van der Waals surface area contributed by atoms with Gasteiger partial charge in [0.15, 0.2) is 0 Å². The van der Waals surface area contributed by atoms with E-state index < -0.39 is 10.8 Å². The summed E-state index contributed by atoms with van der Waals surface area (Å²) in [4.78, 5) is 14.6. The van der Waals surface area contributed by atoms with Gasteiger partial charge in [-0.05, 0) is 31.0 Å². The fourth-order valence-electron chi connectivity index (χ4n) is 2.26. The molecule has 0 bridgehead atoms. The molecule has 1 aromatic carbocycles. The third-order valence-corrected chi connectivity index (χ3v) is 4.62. The van der Waals surface area contributed by atoms with Crippen LogP contribution in [-0.2, 0) is 15.6 Å². The normalized spacial score (nSPS) is 17.8. The fraction of sp³-hybridized carbons (Fsp3) is 0.500. The van der Waals surface area contributed by atoms with Crippen molar-refractivity contribution >= 4 is 22.4 Å². The molecule has 19 heavy (non-hydrogen) atoms. The number of carbonyl (C=O) groups excluding carboxylic acids is 1. The second kappa shape index (κ2) is 6.70. The fourth-order valence-corrected chi connectivity index (χ4v) is 3.33. The topological polar surface area (TPSA) is 63.4 Å². The van der Waals surface area contributed by atoms with Gasteiger partial charge in [-0.3, -0.25) is 9.00 Å². The van der Waals surface area contributed by atoms with Crippen LogP contribution >= 0.6 is 0 Å². The highest BCUT2D eigenvalue weighted by Gasteiger charge is 2.18. The molecule has 1 aliphatic rings. The number of anilines is 1. The summed E-state index contributed by atoms with van der Waals surface area (Å²) in [5, 5.41) is 0. The Balaban J connectivity index is 1.96. The van der Waals surface area contributed by atoms with E-state index in [-0.39, 0.29) is 11.7 Å². The maximum absolute atomic E-state index is 12.1. The van der Waals surface area contributed by atoms with Gasteiger partial charge in [0.25, 0.3) is 0 Å². The quantitative estimate of drug-likeness (QED) is 0.858. The molecule has 1 aliphatic heterocycles. The molecule has 0 aliphatic carbocycles. The third-order valence-electron chi connectivity index (χ3n) is 3.33. The summed E-state index contributed by atoms with van der Waals surface area (Å²) in [6, 6.07) is 6.93. The van der Waals surface area contributed by atoms with Crippen molar-refractivity contribution in [2.24, 2.45) is 0 Å². The van der Waals surface area contributed by atoms with Crippen molar-refractivity contribution in [3.05, 3.63) is 24.3 Å². The number of nitrogens with zero attached hydrogens (tertiary/aromatic N) is 1. The summed E-state index contributed by atoms with van der Waals surface area (Å²) in [5.74, 6) is 0.0476. The Kier molecular flexibility index (Phi) is 4.96. The van der Waals surface area contributed by atoms with Gasteiger partial charge in [-0.2, -0.15) is 0 Å². The number of rotatable bonds is 3. The second-order valence-electron chi connectivity index (χ2n) is 4.86. The summed E-state index contributed by atoms with van der Waals surface area (Å²) in [7, 11) is -1.30. The maximum atomic E-state index is 12.1. The molecule has 0 radical (unpaired) electrons. The predicted molar refractivity (Wildman–Crippen MR) is 77.2 cm³/mol. The molecule has 1 saturated heterocycles. The molecule has 5 heteroatoms. The lowest BCUT2D eigenvalue weighted by Gasteiger charge is -2.19. The highest BCUT2D eigenvalue weighted by atomic mass is 32.2. The molecular formula is C14H20N2O2S. The molecule has 0 spiro atoms. The molecule has 1 unspecified atom stereocenters. The Bertz CT molecular complexity index is 468. The van der Waals surface area contributed by atoms with Gasteiger partial charge in [0.05, 0.1) is 10.8 Å². The van der Waals surface area contributed by atoms with Gasteiger partial charge in [-0.1, -0.05) is 18.9 Å². The summed E-state index contributed by atoms with van der Waals surface area (Å²) in [5.41, 5.74) is 6.24. The van der Waals surface area contributed by atoms with E-state index in [9.17, 15) is 9.00 Å². The number of nitrogen functional groups attached to an aromatic ring is 1. The number of hydrogen-bond donors (Lipinski definition) is 1. The number of carbonyl (C=O) groups is 1. The Morgan fingerprint density at radius 2 is 1.89 bits per heavy atom. The average molecular weight is 280 g/mol. The average Bonchev–Trinajstić information content (AvgIpc) is 2.67. The molecular weight excluding hydrogens is 260 g/mol. The van der Waals surface area contributed by atoms with Crippen LogP contribution in [0.1, 0.15) is 25.7 Å². The van der Waals surface area contributed by atoms with Crippen molar-refractivity contribution in [2.75, 3.05) is 24.6 Å². The predicted octanol–water partition coefficient (Wildman–Crippen LogP) is 1.78. The van der Waals surface area contributed by atoms with Gasteiger partial charge in [-0.15, -0.1) is 0 Å². The van der Waals surface area contributed by atoms with Gasteiger partial charge in [-0.25, -0.2) is 0 Å². The zero-order valence-electron chi connectivity index (χ0n) is 11.0. The lowest BCUT2D eigenvalue weighted by molar-refractivity contribution is -0.128. The Morgan fingerprint density at radius 3 is 2.53 bits per heavy atom. The van der Waals surface area contributed by atoms with E-state index in [1.54, 1.807) is 24.3 Å². The van der Waals surface area contributed by atoms with Crippen LogP contribution in [0.2, 0.25) is 0 Å². The van der Waals surface area contributed by atoms with E-state index in [0.29, 0.717) is 10.6 Å². The number of hydrogen-bond acceptors (Lipinski definition) is 3. The Hall–Kier alpha value is -1.36. The third kappa shape index (κ3) is 4.06. The molecule has 2 rings (SSSR count). The van der Waals surface area contributed by atoms with Crippen LogP contribution in [0.4, 0.5) is 5.69 Å². The first kappa shape index (κ1) is 14.1. The largest absolute Gasteiger partial charge is 0.399 e. The van der Waals surface area contributed by atoms with E-state index in [4.69, 9.17) is 5.73 Å². The second-order valence-corrected chi connectivity index (χ2v) is 6.31. The van der Waals surface area contributed by atoms with Crippen molar-refractivity contribution in [3.8, 4) is 0 Å². The van der Waals surface area contributed by atoms with Crippen LogP contribution in [0.5, 0.6) is 0 Å². The van der Waals surface area contributed by atoms with E-state index in [2.05, 4.69) is 0 Å². The van der Waals surface area contributed by atoms with Gasteiger partial charge in [0.2, 0.25) is 5.91 Å². The smallest absolute Gasteiger partial charge is 0.235 e. The van der Waals surface area contributed by atoms with E-state index in [1.165, 1.54) is 12.8 Å². The van der Waals surface area contributed by atoms with Crippen molar-refractivity contribution in [1.29, 1.82) is 0 Å². The van der Waals surface area contributed by atoms with Gasteiger partial charge in [0.1, 0.15) is 5.75 Å². The van der Waals surface area contributed by atoms with Crippen LogP contribution in [0.25, 0.3) is 0 Å². The zero-order valence-corrected chi connectivity index (χ0v) is 11.8. The van der Waals surface area contributed by atoms with Crippen molar-refractivity contribution < 1.29 is 9.00 Å². The van der Waals surface area contributed by atoms with E-state index in [0.717, 1.165) is 25.9 Å². The minimum absolute atomic E-state index is 0.0114. The molecule has 1 amide bonds. The number of nitrogens with two attached hydrogens (primary N) is 1. The molecule has 4 nitrogen and oxygen atoms in total. The summed E-state index contributed by atoms with van der Waals surface area (Å²) >= 11 is 0. The lowest BCUT2D eigenvalue weighted by Crippen LogP contribution is -2.35. The minimum atomic E-state index is -1.30. The molecule has 1 fully saturated rings. The number of amides is 1. The Morgan fingerprint density at radius 1 is 1.21 bits per heavy atom. The first-order valence-electron chi connectivity index (χ1n) is 6.68. The molecule has 104 valence electrons. The molecule has 1 aromatic rings. The summed E-state index contributed by atoms with van der Waals surface area (Å²) < 4.78 is 12.1. The van der Waals surface area contributed by atoms with Crippen LogP contribution < -0.4 is 5.73 Å². The highest BCUT2D eigenvalue weighted by Crippen LogP contribution is 2.14. The Labute approximate surface area is 116 Å². The number of benzene rings is 1. The zero-order chi connectivity index (χ0) is 13.7.